The summed E-state index contributed by atoms with van der Waals surface area (Å²) in [6.07, 6.45) is -1.34. The molecule has 0 heterocycles. The van der Waals surface area contributed by atoms with Gasteiger partial charge in [-0.15, -0.1) is 0 Å². The highest BCUT2D eigenvalue weighted by Crippen LogP contribution is 2.29. The van der Waals surface area contributed by atoms with Crippen molar-refractivity contribution in [2.45, 2.75) is 31.9 Å². The van der Waals surface area contributed by atoms with Gasteiger partial charge in [0.05, 0.1) is 5.03 Å². The van der Waals surface area contributed by atoms with Gasteiger partial charge in [0, 0.05) is 6.42 Å². The molecule has 0 bridgehead atoms. The molecule has 0 aliphatic heterocycles. The van der Waals surface area contributed by atoms with Crippen LogP contribution in [0, 0.1) is 0 Å². The Kier molecular flexibility index (Phi) is 3.47. The molecule has 0 fully saturated rings. The van der Waals surface area contributed by atoms with E-state index in [1.807, 2.05) is 0 Å². The normalized spacial score (nSPS) is 19.1. The van der Waals surface area contributed by atoms with Crippen LogP contribution in [0.5, 0.6) is 0 Å². The molecule has 1 aliphatic carbocycles. The lowest BCUT2D eigenvalue weighted by Crippen LogP contribution is -2.17. The molecule has 0 aromatic rings. The molecule has 0 amide bonds. The SMILES string of the molecule is FC(F)(F)COC1=C(Cl)CCCC1. The molecule has 76 valence electrons. The predicted molar refractivity (Wildman–Crippen MR) is 43.4 cm³/mol. The van der Waals surface area contributed by atoms with Crippen LogP contribution in [-0.2, 0) is 4.74 Å². The Morgan fingerprint density at radius 2 is 1.85 bits per heavy atom. The van der Waals surface area contributed by atoms with Crippen LogP contribution in [0.2, 0.25) is 0 Å². The van der Waals surface area contributed by atoms with Crippen LogP contribution in [0.3, 0.4) is 0 Å². The van der Waals surface area contributed by atoms with Gasteiger partial charge in [-0.05, 0) is 19.3 Å². The summed E-state index contributed by atoms with van der Waals surface area (Å²) in [6, 6.07) is 0. The quantitative estimate of drug-likeness (QED) is 0.683. The summed E-state index contributed by atoms with van der Waals surface area (Å²) < 4.78 is 39.8. The number of alkyl halides is 3. The van der Waals surface area contributed by atoms with Crippen LogP contribution in [0.15, 0.2) is 10.8 Å². The first-order valence-corrected chi connectivity index (χ1v) is 4.44. The number of hydrogen-bond acceptors (Lipinski definition) is 1. The van der Waals surface area contributed by atoms with E-state index in [0.29, 0.717) is 23.6 Å². The minimum atomic E-state index is -4.28. The summed E-state index contributed by atoms with van der Waals surface area (Å²) in [5.41, 5.74) is 0. The van der Waals surface area contributed by atoms with Crippen LogP contribution in [0.4, 0.5) is 13.2 Å². The third kappa shape index (κ3) is 3.89. The smallest absolute Gasteiger partial charge is 0.422 e. The molecule has 1 rings (SSSR count). The average Bonchev–Trinajstić information content (AvgIpc) is 2.01. The fourth-order valence-corrected chi connectivity index (χ4v) is 1.44. The highest BCUT2D eigenvalue weighted by molar-refractivity contribution is 6.29. The Morgan fingerprint density at radius 1 is 1.23 bits per heavy atom. The topological polar surface area (TPSA) is 9.23 Å². The molecule has 0 aromatic carbocycles. The van der Waals surface area contributed by atoms with Crippen molar-refractivity contribution >= 4 is 11.6 Å². The van der Waals surface area contributed by atoms with Crippen LogP contribution >= 0.6 is 11.6 Å². The van der Waals surface area contributed by atoms with Crippen molar-refractivity contribution in [1.82, 2.24) is 0 Å². The van der Waals surface area contributed by atoms with Crippen LogP contribution < -0.4 is 0 Å². The Morgan fingerprint density at radius 3 is 2.38 bits per heavy atom. The molecular formula is C8H10ClF3O. The van der Waals surface area contributed by atoms with Gasteiger partial charge in [0.1, 0.15) is 5.76 Å². The maximum Gasteiger partial charge on any atom is 0.422 e. The summed E-state index contributed by atoms with van der Waals surface area (Å²) in [7, 11) is 0. The van der Waals surface area contributed by atoms with Crippen molar-refractivity contribution in [2.75, 3.05) is 6.61 Å². The molecule has 0 aromatic heterocycles. The van der Waals surface area contributed by atoms with Gasteiger partial charge in [-0.25, -0.2) is 0 Å². The van der Waals surface area contributed by atoms with E-state index in [1.54, 1.807) is 0 Å². The van der Waals surface area contributed by atoms with E-state index in [0.717, 1.165) is 12.8 Å². The lowest BCUT2D eigenvalue weighted by atomic mass is 10.1. The Labute approximate surface area is 79.5 Å². The molecule has 0 N–H and O–H groups in total. The Bertz CT molecular complexity index is 210. The minimum absolute atomic E-state index is 0.310. The highest BCUT2D eigenvalue weighted by Gasteiger charge is 2.29. The summed E-state index contributed by atoms with van der Waals surface area (Å²) >= 11 is 5.70. The zero-order chi connectivity index (χ0) is 9.90. The number of hydrogen-bond donors (Lipinski definition) is 0. The number of allylic oxidation sites excluding steroid dienone is 2. The molecule has 0 spiro atoms. The van der Waals surface area contributed by atoms with Gasteiger partial charge in [0.15, 0.2) is 6.61 Å². The van der Waals surface area contributed by atoms with Crippen molar-refractivity contribution < 1.29 is 17.9 Å². The third-order valence-electron chi connectivity index (χ3n) is 1.76. The first-order valence-electron chi connectivity index (χ1n) is 4.06. The fraction of sp³-hybridized carbons (Fsp3) is 0.750. The molecule has 0 radical (unpaired) electrons. The van der Waals surface area contributed by atoms with Crippen molar-refractivity contribution in [3.8, 4) is 0 Å². The van der Waals surface area contributed by atoms with Gasteiger partial charge in [-0.1, -0.05) is 11.6 Å². The van der Waals surface area contributed by atoms with Crippen molar-refractivity contribution in [2.24, 2.45) is 0 Å². The van der Waals surface area contributed by atoms with Crippen molar-refractivity contribution in [1.29, 1.82) is 0 Å². The summed E-state index contributed by atoms with van der Waals surface area (Å²) in [5, 5.41) is 0.440. The summed E-state index contributed by atoms with van der Waals surface area (Å²) in [5.74, 6) is 0.310. The van der Waals surface area contributed by atoms with Crippen LogP contribution in [0.25, 0.3) is 0 Å². The van der Waals surface area contributed by atoms with E-state index in [-0.39, 0.29) is 0 Å². The summed E-state index contributed by atoms with van der Waals surface area (Å²) in [4.78, 5) is 0. The standard InChI is InChI=1S/C8H10ClF3O/c9-6-3-1-2-4-7(6)13-5-8(10,11)12/h1-5H2. The zero-order valence-corrected chi connectivity index (χ0v) is 7.71. The van der Waals surface area contributed by atoms with Crippen LogP contribution in [-0.4, -0.2) is 12.8 Å². The molecule has 5 heteroatoms. The molecule has 0 saturated heterocycles. The van der Waals surface area contributed by atoms with Gasteiger partial charge < -0.3 is 4.74 Å². The number of halogens is 4. The molecule has 0 unspecified atom stereocenters. The van der Waals surface area contributed by atoms with Crippen molar-refractivity contribution in [3.63, 3.8) is 0 Å². The second-order valence-electron chi connectivity index (χ2n) is 2.94. The second kappa shape index (κ2) is 4.22. The first-order chi connectivity index (χ1) is 5.99. The molecule has 13 heavy (non-hydrogen) atoms. The van der Waals surface area contributed by atoms with E-state index in [2.05, 4.69) is 4.74 Å². The van der Waals surface area contributed by atoms with E-state index in [1.165, 1.54) is 0 Å². The maximum absolute atomic E-state index is 11.7. The van der Waals surface area contributed by atoms with E-state index >= 15 is 0 Å². The Balaban J connectivity index is 2.44. The van der Waals surface area contributed by atoms with E-state index < -0.39 is 12.8 Å². The zero-order valence-electron chi connectivity index (χ0n) is 6.96. The lowest BCUT2D eigenvalue weighted by molar-refractivity contribution is -0.165. The monoisotopic (exact) mass is 214 g/mol. The second-order valence-corrected chi connectivity index (χ2v) is 3.40. The molecule has 0 saturated carbocycles. The summed E-state index contributed by atoms with van der Waals surface area (Å²) in [6.45, 7) is -1.24. The molecule has 1 aliphatic rings. The number of rotatable bonds is 2. The predicted octanol–water partition coefficient (Wildman–Crippen LogP) is 3.59. The Hall–Kier alpha value is -0.380. The van der Waals surface area contributed by atoms with E-state index in [4.69, 9.17) is 11.6 Å². The molecular weight excluding hydrogens is 205 g/mol. The van der Waals surface area contributed by atoms with E-state index in [9.17, 15) is 13.2 Å². The van der Waals surface area contributed by atoms with Gasteiger partial charge in [-0.2, -0.15) is 13.2 Å². The highest BCUT2D eigenvalue weighted by atomic mass is 35.5. The minimum Gasteiger partial charge on any atom is -0.487 e. The first kappa shape index (κ1) is 10.7. The molecule has 1 nitrogen and oxygen atoms in total. The molecule has 0 atom stereocenters. The third-order valence-corrected chi connectivity index (χ3v) is 2.16. The van der Waals surface area contributed by atoms with Gasteiger partial charge in [-0.3, -0.25) is 0 Å². The lowest BCUT2D eigenvalue weighted by Gasteiger charge is -2.17. The van der Waals surface area contributed by atoms with Gasteiger partial charge in [0.2, 0.25) is 0 Å². The van der Waals surface area contributed by atoms with Crippen LogP contribution in [0.1, 0.15) is 25.7 Å². The van der Waals surface area contributed by atoms with Gasteiger partial charge >= 0.3 is 6.18 Å². The maximum atomic E-state index is 11.7. The number of ether oxygens (including phenoxy) is 1. The van der Waals surface area contributed by atoms with Gasteiger partial charge in [0.25, 0.3) is 0 Å². The largest absolute Gasteiger partial charge is 0.487 e. The average molecular weight is 215 g/mol. The van der Waals surface area contributed by atoms with Crippen molar-refractivity contribution in [3.05, 3.63) is 10.8 Å². The fourth-order valence-electron chi connectivity index (χ4n) is 1.16.